The smallest absolute Gasteiger partial charge is 0.194 e. The summed E-state index contributed by atoms with van der Waals surface area (Å²) in [5.41, 5.74) is 1.24. The molecular weight excluding hydrogens is 232 g/mol. The van der Waals surface area contributed by atoms with Crippen molar-refractivity contribution in [3.63, 3.8) is 0 Å². The number of carbonyl (C=O) groups excluding carboxylic acids is 1. The summed E-state index contributed by atoms with van der Waals surface area (Å²) in [4.78, 5) is 12.8. The maximum absolute atomic E-state index is 12.2. The van der Waals surface area contributed by atoms with Crippen LogP contribution in [-0.4, -0.2) is 12.9 Å². The largest absolute Gasteiger partial charge is 0.497 e. The fourth-order valence-electron chi connectivity index (χ4n) is 1.58. The Bertz CT molecular complexity index is 535. The average Bonchev–Trinajstić information content (AvgIpc) is 2.39. The van der Waals surface area contributed by atoms with Crippen molar-refractivity contribution < 1.29 is 9.53 Å². The van der Waals surface area contributed by atoms with Gasteiger partial charge in [0.25, 0.3) is 0 Å². The van der Waals surface area contributed by atoms with Crippen molar-refractivity contribution in [2.24, 2.45) is 0 Å². The number of benzene rings is 2. The minimum Gasteiger partial charge on any atom is -0.497 e. The van der Waals surface area contributed by atoms with Gasteiger partial charge < -0.3 is 4.74 Å². The lowest BCUT2D eigenvalue weighted by Gasteiger charge is -2.06. The third-order valence-corrected chi connectivity index (χ3v) is 2.86. The van der Waals surface area contributed by atoms with Gasteiger partial charge in [0.05, 0.1) is 7.11 Å². The molecule has 0 unspecified atom stereocenters. The molecule has 2 aromatic carbocycles. The van der Waals surface area contributed by atoms with E-state index in [9.17, 15) is 4.79 Å². The summed E-state index contributed by atoms with van der Waals surface area (Å²) in [6.07, 6.45) is 0. The van der Waals surface area contributed by atoms with Gasteiger partial charge in [-0.1, -0.05) is 30.3 Å². The monoisotopic (exact) mass is 244 g/mol. The molecule has 0 atom stereocenters. The first-order chi connectivity index (χ1) is 8.22. The Morgan fingerprint density at radius 2 is 1.82 bits per heavy atom. The Kier molecular flexibility index (Phi) is 3.49. The standard InChI is InChI=1S/C14H12O2S/c1-16-11-7-8-12(13(17)9-11)14(15)10-5-3-2-4-6-10/h2-9,17H,1H3. The van der Waals surface area contributed by atoms with Crippen LogP contribution in [0.2, 0.25) is 0 Å². The molecule has 3 heteroatoms. The molecule has 0 heterocycles. The first-order valence-corrected chi connectivity index (χ1v) is 5.64. The molecule has 2 nitrogen and oxygen atoms in total. The maximum Gasteiger partial charge on any atom is 0.194 e. The molecule has 0 amide bonds. The van der Waals surface area contributed by atoms with Gasteiger partial charge in [-0.3, -0.25) is 4.79 Å². The van der Waals surface area contributed by atoms with Crippen molar-refractivity contribution in [2.45, 2.75) is 4.90 Å². The highest BCUT2D eigenvalue weighted by molar-refractivity contribution is 7.80. The highest BCUT2D eigenvalue weighted by atomic mass is 32.1. The van der Waals surface area contributed by atoms with E-state index in [1.165, 1.54) is 0 Å². The molecule has 0 spiro atoms. The van der Waals surface area contributed by atoms with Crippen LogP contribution in [0.1, 0.15) is 15.9 Å². The van der Waals surface area contributed by atoms with E-state index in [-0.39, 0.29) is 5.78 Å². The third kappa shape index (κ3) is 2.50. The second-order valence-electron chi connectivity index (χ2n) is 3.58. The van der Waals surface area contributed by atoms with Gasteiger partial charge in [-0.05, 0) is 18.2 Å². The van der Waals surface area contributed by atoms with Crippen LogP contribution >= 0.6 is 12.6 Å². The van der Waals surface area contributed by atoms with E-state index in [4.69, 9.17) is 4.74 Å². The number of hydrogen-bond donors (Lipinski definition) is 1. The van der Waals surface area contributed by atoms with Gasteiger partial charge in [0.15, 0.2) is 5.78 Å². The highest BCUT2D eigenvalue weighted by Gasteiger charge is 2.12. The van der Waals surface area contributed by atoms with Gasteiger partial charge in [-0.25, -0.2) is 0 Å². The fraction of sp³-hybridized carbons (Fsp3) is 0.0714. The van der Waals surface area contributed by atoms with Crippen molar-refractivity contribution in [1.82, 2.24) is 0 Å². The van der Waals surface area contributed by atoms with E-state index in [1.807, 2.05) is 18.2 Å². The molecule has 86 valence electrons. The maximum atomic E-state index is 12.2. The molecule has 0 saturated heterocycles. The number of carbonyl (C=O) groups is 1. The highest BCUT2D eigenvalue weighted by Crippen LogP contribution is 2.23. The van der Waals surface area contributed by atoms with E-state index < -0.39 is 0 Å². The summed E-state index contributed by atoms with van der Waals surface area (Å²) in [7, 11) is 1.58. The van der Waals surface area contributed by atoms with Crippen LogP contribution in [0.15, 0.2) is 53.4 Å². The number of methoxy groups -OCH3 is 1. The lowest BCUT2D eigenvalue weighted by molar-refractivity contribution is 0.103. The van der Waals surface area contributed by atoms with Crippen molar-refractivity contribution in [1.29, 1.82) is 0 Å². The Labute approximate surface area is 106 Å². The zero-order valence-electron chi connectivity index (χ0n) is 9.38. The summed E-state index contributed by atoms with van der Waals surface area (Å²) in [6.45, 7) is 0. The van der Waals surface area contributed by atoms with Crippen LogP contribution < -0.4 is 4.74 Å². The second kappa shape index (κ2) is 5.06. The lowest BCUT2D eigenvalue weighted by Crippen LogP contribution is -2.02. The van der Waals surface area contributed by atoms with E-state index in [1.54, 1.807) is 37.4 Å². The first-order valence-electron chi connectivity index (χ1n) is 5.19. The average molecular weight is 244 g/mol. The summed E-state index contributed by atoms with van der Waals surface area (Å²) >= 11 is 4.31. The van der Waals surface area contributed by atoms with Crippen molar-refractivity contribution in [2.75, 3.05) is 7.11 Å². The number of hydrogen-bond acceptors (Lipinski definition) is 3. The lowest BCUT2D eigenvalue weighted by atomic mass is 10.0. The summed E-state index contributed by atoms with van der Waals surface area (Å²) in [5, 5.41) is 0. The molecule has 0 N–H and O–H groups in total. The molecule has 2 rings (SSSR count). The van der Waals surface area contributed by atoms with Crippen molar-refractivity contribution in [3.05, 3.63) is 59.7 Å². The molecule has 0 aliphatic carbocycles. The Morgan fingerprint density at radius 3 is 2.41 bits per heavy atom. The zero-order chi connectivity index (χ0) is 12.3. The van der Waals surface area contributed by atoms with Crippen LogP contribution in [-0.2, 0) is 0 Å². The molecule has 17 heavy (non-hydrogen) atoms. The second-order valence-corrected chi connectivity index (χ2v) is 4.06. The van der Waals surface area contributed by atoms with Gasteiger partial charge in [0.1, 0.15) is 5.75 Å². The minimum absolute atomic E-state index is 0.0294. The number of thiol groups is 1. The van der Waals surface area contributed by atoms with E-state index in [0.29, 0.717) is 21.8 Å². The molecule has 0 aromatic heterocycles. The molecular formula is C14H12O2S. The normalized spacial score (nSPS) is 10.0. The fourth-order valence-corrected chi connectivity index (χ4v) is 1.88. The number of rotatable bonds is 3. The van der Waals surface area contributed by atoms with Gasteiger partial charge in [-0.15, -0.1) is 12.6 Å². The Balaban J connectivity index is 2.38. The SMILES string of the molecule is COc1ccc(C(=O)c2ccccc2)c(S)c1. The molecule has 0 saturated carbocycles. The van der Waals surface area contributed by atoms with Crippen molar-refractivity contribution in [3.8, 4) is 5.75 Å². The van der Waals surface area contributed by atoms with Crippen molar-refractivity contribution >= 4 is 18.4 Å². The quantitative estimate of drug-likeness (QED) is 0.663. The summed E-state index contributed by atoms with van der Waals surface area (Å²) in [6, 6.07) is 14.4. The van der Waals surface area contributed by atoms with E-state index in [0.717, 1.165) is 0 Å². The van der Waals surface area contributed by atoms with Gasteiger partial charge >= 0.3 is 0 Å². The number of ketones is 1. The molecule has 0 bridgehead atoms. The molecule has 0 aliphatic heterocycles. The molecule has 2 aromatic rings. The van der Waals surface area contributed by atoms with Crippen LogP contribution in [0.3, 0.4) is 0 Å². The van der Waals surface area contributed by atoms with Crippen LogP contribution in [0.5, 0.6) is 5.75 Å². The zero-order valence-corrected chi connectivity index (χ0v) is 10.3. The Morgan fingerprint density at radius 1 is 1.12 bits per heavy atom. The molecule has 0 radical (unpaired) electrons. The third-order valence-electron chi connectivity index (χ3n) is 2.49. The predicted octanol–water partition coefficient (Wildman–Crippen LogP) is 3.21. The van der Waals surface area contributed by atoms with E-state index in [2.05, 4.69) is 12.6 Å². The summed E-state index contributed by atoms with van der Waals surface area (Å²) < 4.78 is 5.08. The van der Waals surface area contributed by atoms with Crippen LogP contribution in [0.25, 0.3) is 0 Å². The topological polar surface area (TPSA) is 26.3 Å². The summed E-state index contributed by atoms with van der Waals surface area (Å²) in [5.74, 6) is 0.665. The van der Waals surface area contributed by atoms with Gasteiger partial charge in [0.2, 0.25) is 0 Å². The molecule has 0 aliphatic rings. The van der Waals surface area contributed by atoms with E-state index >= 15 is 0 Å². The van der Waals surface area contributed by atoms with Gasteiger partial charge in [0, 0.05) is 16.0 Å². The molecule has 0 fully saturated rings. The number of ether oxygens (including phenoxy) is 1. The first kappa shape index (κ1) is 11.7. The van der Waals surface area contributed by atoms with Crippen LogP contribution in [0.4, 0.5) is 0 Å². The Hall–Kier alpha value is -1.74. The van der Waals surface area contributed by atoms with Crippen LogP contribution in [0, 0.1) is 0 Å². The minimum atomic E-state index is -0.0294. The predicted molar refractivity (Wildman–Crippen MR) is 70.1 cm³/mol. The van der Waals surface area contributed by atoms with Gasteiger partial charge in [-0.2, -0.15) is 0 Å².